The van der Waals surface area contributed by atoms with Crippen molar-refractivity contribution in [3.05, 3.63) is 35.7 Å². The summed E-state index contributed by atoms with van der Waals surface area (Å²) in [6.07, 6.45) is 8.86. The molecule has 1 heterocycles. The van der Waals surface area contributed by atoms with Crippen molar-refractivity contribution < 1.29 is 0 Å². The highest BCUT2D eigenvalue weighted by Gasteiger charge is 1.80. The zero-order chi connectivity index (χ0) is 8.10. The third kappa shape index (κ3) is 1.74. The van der Waals surface area contributed by atoms with E-state index in [0.29, 0.717) is 0 Å². The maximum atomic E-state index is 4.07. The van der Waals surface area contributed by atoms with Crippen LogP contribution in [0.4, 0.5) is 0 Å². The second kappa shape index (κ2) is 3.66. The van der Waals surface area contributed by atoms with Gasteiger partial charge in [-0.1, -0.05) is 24.8 Å². The molecular formula is C9H10N2. The van der Waals surface area contributed by atoms with Crippen LogP contribution < -0.4 is 10.6 Å². The van der Waals surface area contributed by atoms with Gasteiger partial charge in [0.2, 0.25) is 0 Å². The predicted octanol–water partition coefficient (Wildman–Crippen LogP) is 0.243. The lowest BCUT2D eigenvalue weighted by Crippen LogP contribution is -2.27. The van der Waals surface area contributed by atoms with Crippen LogP contribution in [0.1, 0.15) is 6.92 Å². The summed E-state index contributed by atoms with van der Waals surface area (Å²) >= 11 is 0. The Balaban J connectivity index is 3.48. The van der Waals surface area contributed by atoms with Gasteiger partial charge in [-0.15, -0.1) is 0 Å². The summed E-state index contributed by atoms with van der Waals surface area (Å²) in [4.78, 5) is 7.97. The van der Waals surface area contributed by atoms with E-state index in [2.05, 4.69) is 16.5 Å². The smallest absolute Gasteiger partial charge is 0.116 e. The summed E-state index contributed by atoms with van der Waals surface area (Å²) < 4.78 is 0. The van der Waals surface area contributed by atoms with Gasteiger partial charge >= 0.3 is 0 Å². The number of aromatic nitrogens is 2. The fourth-order valence-corrected chi connectivity index (χ4v) is 0.846. The quantitative estimate of drug-likeness (QED) is 0.567. The van der Waals surface area contributed by atoms with Crippen LogP contribution in [0.5, 0.6) is 0 Å². The first kappa shape index (κ1) is 7.66. The Labute approximate surface area is 65.6 Å². The first-order valence-corrected chi connectivity index (χ1v) is 3.43. The van der Waals surface area contributed by atoms with Crippen LogP contribution in [0.25, 0.3) is 12.2 Å². The maximum Gasteiger partial charge on any atom is 0.116 e. The molecule has 0 amide bonds. The summed E-state index contributed by atoms with van der Waals surface area (Å²) in [7, 11) is 0. The molecule has 0 spiro atoms. The molecule has 0 atom stereocenters. The van der Waals surface area contributed by atoms with Gasteiger partial charge in [-0.2, -0.15) is 0 Å². The number of nitrogens with zero attached hydrogens (tertiary/aromatic N) is 2. The third-order valence-corrected chi connectivity index (χ3v) is 1.34. The van der Waals surface area contributed by atoms with Gasteiger partial charge in [0.1, 0.15) is 6.33 Å². The Morgan fingerprint density at radius 3 is 3.00 bits per heavy atom. The normalized spacial score (nSPS) is 13.5. The molecule has 0 saturated carbocycles. The molecule has 1 aromatic heterocycles. The predicted molar refractivity (Wildman–Crippen MR) is 46.1 cm³/mol. The number of allylic oxidation sites excluding steroid dienone is 1. The fraction of sp³-hybridized carbons (Fsp3) is 0.111. The van der Waals surface area contributed by atoms with Crippen molar-refractivity contribution in [2.24, 2.45) is 0 Å². The zero-order valence-electron chi connectivity index (χ0n) is 6.49. The second-order valence-corrected chi connectivity index (χ2v) is 2.05. The molecule has 0 bridgehead atoms. The Bertz CT molecular complexity index is 352. The molecule has 11 heavy (non-hydrogen) atoms. The van der Waals surface area contributed by atoms with E-state index in [9.17, 15) is 0 Å². The van der Waals surface area contributed by atoms with Crippen LogP contribution in [0, 0.1) is 0 Å². The lowest BCUT2D eigenvalue weighted by Gasteiger charge is -1.84. The Kier molecular flexibility index (Phi) is 2.55. The summed E-state index contributed by atoms with van der Waals surface area (Å²) in [5.41, 5.74) is 0. The molecule has 0 N–H and O–H groups in total. The summed E-state index contributed by atoms with van der Waals surface area (Å²) in [6.45, 7) is 5.55. The molecular weight excluding hydrogens is 136 g/mol. The van der Waals surface area contributed by atoms with Crippen molar-refractivity contribution in [1.82, 2.24) is 9.97 Å². The average Bonchev–Trinajstić information content (AvgIpc) is 2.06. The highest BCUT2D eigenvalue weighted by molar-refractivity contribution is 5.35. The SMILES string of the molecule is C=C/C=c1/cncn/c1=C/C. The van der Waals surface area contributed by atoms with E-state index in [-0.39, 0.29) is 0 Å². The number of rotatable bonds is 1. The number of hydrogen-bond donors (Lipinski definition) is 0. The Hall–Kier alpha value is -1.44. The molecule has 0 aliphatic rings. The monoisotopic (exact) mass is 146 g/mol. The maximum absolute atomic E-state index is 4.07. The topological polar surface area (TPSA) is 25.8 Å². The molecule has 56 valence electrons. The van der Waals surface area contributed by atoms with Gasteiger partial charge in [0.05, 0.1) is 5.35 Å². The van der Waals surface area contributed by atoms with Crippen LogP contribution in [0.15, 0.2) is 25.2 Å². The van der Waals surface area contributed by atoms with E-state index in [4.69, 9.17) is 0 Å². The largest absolute Gasteiger partial charge is 0.244 e. The first-order chi connectivity index (χ1) is 5.38. The highest BCUT2D eigenvalue weighted by Crippen LogP contribution is 1.64. The lowest BCUT2D eigenvalue weighted by atomic mass is 10.3. The van der Waals surface area contributed by atoms with Crippen LogP contribution in [0.3, 0.4) is 0 Å². The second-order valence-electron chi connectivity index (χ2n) is 2.05. The van der Waals surface area contributed by atoms with Crippen LogP contribution in [-0.2, 0) is 0 Å². The van der Waals surface area contributed by atoms with E-state index in [1.54, 1.807) is 12.3 Å². The standard InChI is InChI=1S/C9H10N2/c1-3-5-8-6-10-7-11-9(8)4-2/h3-7H,1H2,2H3/b8-5-,9-4+. The molecule has 2 nitrogen and oxygen atoms in total. The van der Waals surface area contributed by atoms with Crippen molar-refractivity contribution >= 4 is 12.2 Å². The Morgan fingerprint density at radius 2 is 2.36 bits per heavy atom. The van der Waals surface area contributed by atoms with E-state index >= 15 is 0 Å². The van der Waals surface area contributed by atoms with Crippen molar-refractivity contribution in [1.29, 1.82) is 0 Å². The van der Waals surface area contributed by atoms with Gasteiger partial charge in [-0.05, 0) is 6.92 Å². The van der Waals surface area contributed by atoms with Gasteiger partial charge in [-0.25, -0.2) is 9.97 Å². The van der Waals surface area contributed by atoms with E-state index < -0.39 is 0 Å². The number of hydrogen-bond acceptors (Lipinski definition) is 2. The molecule has 0 saturated heterocycles. The molecule has 0 aliphatic heterocycles. The van der Waals surface area contributed by atoms with Gasteiger partial charge in [0.25, 0.3) is 0 Å². The van der Waals surface area contributed by atoms with Crippen LogP contribution >= 0.6 is 0 Å². The first-order valence-electron chi connectivity index (χ1n) is 3.43. The van der Waals surface area contributed by atoms with Gasteiger partial charge in [0, 0.05) is 11.4 Å². The van der Waals surface area contributed by atoms with Crippen LogP contribution in [0.2, 0.25) is 0 Å². The molecule has 1 rings (SSSR count). The summed E-state index contributed by atoms with van der Waals surface area (Å²) in [6, 6.07) is 0. The molecule has 2 heteroatoms. The third-order valence-electron chi connectivity index (χ3n) is 1.34. The van der Waals surface area contributed by atoms with Gasteiger partial charge < -0.3 is 0 Å². The zero-order valence-corrected chi connectivity index (χ0v) is 6.49. The minimum atomic E-state index is 0.944. The van der Waals surface area contributed by atoms with E-state index in [1.165, 1.54) is 6.33 Å². The molecule has 0 aliphatic carbocycles. The summed E-state index contributed by atoms with van der Waals surface area (Å²) in [5.74, 6) is 0. The van der Waals surface area contributed by atoms with Crippen molar-refractivity contribution in [3.63, 3.8) is 0 Å². The average molecular weight is 146 g/mol. The van der Waals surface area contributed by atoms with Gasteiger partial charge in [-0.3, -0.25) is 0 Å². The van der Waals surface area contributed by atoms with Crippen molar-refractivity contribution in [2.75, 3.05) is 0 Å². The van der Waals surface area contributed by atoms with Crippen molar-refractivity contribution in [3.8, 4) is 0 Å². The minimum absolute atomic E-state index is 0.944. The van der Waals surface area contributed by atoms with Gasteiger partial charge in [0.15, 0.2) is 0 Å². The lowest BCUT2D eigenvalue weighted by molar-refractivity contribution is 1.10. The molecule has 0 radical (unpaired) electrons. The minimum Gasteiger partial charge on any atom is -0.244 e. The Morgan fingerprint density at radius 1 is 1.55 bits per heavy atom. The molecule has 0 unspecified atom stereocenters. The molecule has 0 aromatic carbocycles. The fourth-order valence-electron chi connectivity index (χ4n) is 0.846. The van der Waals surface area contributed by atoms with E-state index in [0.717, 1.165) is 10.6 Å². The summed E-state index contributed by atoms with van der Waals surface area (Å²) in [5, 5.41) is 1.95. The molecule has 0 fully saturated rings. The van der Waals surface area contributed by atoms with Crippen molar-refractivity contribution in [2.45, 2.75) is 6.92 Å². The highest BCUT2D eigenvalue weighted by atomic mass is 14.8. The van der Waals surface area contributed by atoms with E-state index in [1.807, 2.05) is 19.1 Å². The molecule has 1 aromatic rings. The van der Waals surface area contributed by atoms with Crippen LogP contribution in [-0.4, -0.2) is 9.97 Å².